The standard InChI is InChI=1S/C17H23NO3/c1-4-15(5-2)17(21)18(3)12-14-8-6-13(7-9-14)10-11-16(19)20/h6-11,15H,4-5,12H2,1-3H3,(H,19,20). The fraction of sp³-hybridized carbons (Fsp3) is 0.412. The normalized spacial score (nSPS) is 11.0. The molecule has 1 aromatic carbocycles. The zero-order chi connectivity index (χ0) is 15.8. The largest absolute Gasteiger partial charge is 0.478 e. The molecule has 0 saturated heterocycles. The number of aliphatic carboxylic acids is 1. The number of amides is 1. The van der Waals surface area contributed by atoms with Crippen LogP contribution in [0.3, 0.4) is 0 Å². The first-order valence-corrected chi connectivity index (χ1v) is 7.22. The van der Waals surface area contributed by atoms with Gasteiger partial charge >= 0.3 is 5.97 Å². The minimum absolute atomic E-state index is 0.0905. The van der Waals surface area contributed by atoms with E-state index in [1.165, 1.54) is 0 Å². The minimum Gasteiger partial charge on any atom is -0.478 e. The van der Waals surface area contributed by atoms with Crippen LogP contribution in [0.2, 0.25) is 0 Å². The van der Waals surface area contributed by atoms with Crippen LogP contribution in [0.1, 0.15) is 37.8 Å². The molecule has 0 aliphatic carbocycles. The highest BCUT2D eigenvalue weighted by Crippen LogP contribution is 2.14. The van der Waals surface area contributed by atoms with Gasteiger partial charge in [-0.15, -0.1) is 0 Å². The van der Waals surface area contributed by atoms with Crippen molar-refractivity contribution < 1.29 is 14.7 Å². The fourth-order valence-electron chi connectivity index (χ4n) is 2.20. The van der Waals surface area contributed by atoms with Crippen molar-refractivity contribution >= 4 is 18.0 Å². The molecule has 0 atom stereocenters. The molecule has 0 aromatic heterocycles. The van der Waals surface area contributed by atoms with Gasteiger partial charge in [-0.1, -0.05) is 38.1 Å². The van der Waals surface area contributed by atoms with Crippen molar-refractivity contribution in [1.82, 2.24) is 4.90 Å². The fourth-order valence-corrected chi connectivity index (χ4v) is 2.20. The highest BCUT2D eigenvalue weighted by Gasteiger charge is 2.18. The van der Waals surface area contributed by atoms with Gasteiger partial charge in [0.25, 0.3) is 0 Å². The van der Waals surface area contributed by atoms with Gasteiger partial charge in [0.15, 0.2) is 0 Å². The van der Waals surface area contributed by atoms with E-state index in [0.717, 1.165) is 30.0 Å². The molecule has 4 heteroatoms. The van der Waals surface area contributed by atoms with E-state index in [9.17, 15) is 9.59 Å². The average Bonchev–Trinajstić information content (AvgIpc) is 2.47. The Morgan fingerprint density at radius 2 is 1.76 bits per heavy atom. The van der Waals surface area contributed by atoms with E-state index in [0.29, 0.717) is 6.54 Å². The molecule has 1 rings (SSSR count). The number of hydrogen-bond donors (Lipinski definition) is 1. The molecule has 0 spiro atoms. The lowest BCUT2D eigenvalue weighted by Gasteiger charge is -2.22. The molecule has 4 nitrogen and oxygen atoms in total. The summed E-state index contributed by atoms with van der Waals surface area (Å²) in [6.45, 7) is 4.63. The Kier molecular flexibility index (Phi) is 6.66. The number of carboxylic acids is 1. The molecule has 0 aliphatic heterocycles. The third kappa shape index (κ3) is 5.42. The maximum Gasteiger partial charge on any atom is 0.328 e. The summed E-state index contributed by atoms with van der Waals surface area (Å²) < 4.78 is 0. The summed E-state index contributed by atoms with van der Waals surface area (Å²) in [5, 5.41) is 8.58. The highest BCUT2D eigenvalue weighted by atomic mass is 16.4. The van der Waals surface area contributed by atoms with Crippen LogP contribution in [0.25, 0.3) is 6.08 Å². The summed E-state index contributed by atoms with van der Waals surface area (Å²) in [4.78, 5) is 24.4. The van der Waals surface area contributed by atoms with Gasteiger partial charge in [-0.05, 0) is 30.0 Å². The zero-order valence-electron chi connectivity index (χ0n) is 12.9. The van der Waals surface area contributed by atoms with Crippen molar-refractivity contribution in [2.24, 2.45) is 5.92 Å². The second kappa shape index (κ2) is 8.25. The quantitative estimate of drug-likeness (QED) is 0.784. The molecule has 0 heterocycles. The average molecular weight is 289 g/mol. The van der Waals surface area contributed by atoms with Gasteiger partial charge in [-0.2, -0.15) is 0 Å². The second-order valence-corrected chi connectivity index (χ2v) is 5.12. The monoisotopic (exact) mass is 289 g/mol. The molecule has 0 aliphatic rings. The summed E-state index contributed by atoms with van der Waals surface area (Å²) in [5.74, 6) is -0.697. The van der Waals surface area contributed by atoms with Crippen molar-refractivity contribution in [2.45, 2.75) is 33.2 Å². The Bertz CT molecular complexity index is 501. The summed E-state index contributed by atoms with van der Waals surface area (Å²) in [6.07, 6.45) is 4.38. The van der Waals surface area contributed by atoms with Crippen LogP contribution in [0, 0.1) is 5.92 Å². The topological polar surface area (TPSA) is 57.6 Å². The number of carbonyl (C=O) groups is 2. The molecule has 1 N–H and O–H groups in total. The molecule has 21 heavy (non-hydrogen) atoms. The summed E-state index contributed by atoms with van der Waals surface area (Å²) in [5.41, 5.74) is 1.86. The van der Waals surface area contributed by atoms with Crippen LogP contribution in [0.15, 0.2) is 30.3 Å². The number of carbonyl (C=O) groups excluding carboxylic acids is 1. The van der Waals surface area contributed by atoms with Crippen LogP contribution < -0.4 is 0 Å². The first-order chi connectivity index (χ1) is 9.97. The van der Waals surface area contributed by atoms with Crippen molar-refractivity contribution in [1.29, 1.82) is 0 Å². The van der Waals surface area contributed by atoms with Gasteiger partial charge < -0.3 is 10.0 Å². The minimum atomic E-state index is -0.963. The SMILES string of the molecule is CCC(CC)C(=O)N(C)Cc1ccc(C=CC(=O)O)cc1. The van der Waals surface area contributed by atoms with Crippen LogP contribution in [0.5, 0.6) is 0 Å². The summed E-state index contributed by atoms with van der Waals surface area (Å²) in [7, 11) is 1.82. The molecular weight excluding hydrogens is 266 g/mol. The Morgan fingerprint density at radius 3 is 2.24 bits per heavy atom. The van der Waals surface area contributed by atoms with E-state index in [1.54, 1.807) is 11.0 Å². The number of hydrogen-bond acceptors (Lipinski definition) is 2. The van der Waals surface area contributed by atoms with Gasteiger partial charge in [0.2, 0.25) is 5.91 Å². The van der Waals surface area contributed by atoms with Crippen LogP contribution >= 0.6 is 0 Å². The lowest BCUT2D eigenvalue weighted by atomic mass is 10.0. The Hall–Kier alpha value is -2.10. The lowest BCUT2D eigenvalue weighted by molar-refractivity contribution is -0.135. The molecule has 114 valence electrons. The van der Waals surface area contributed by atoms with E-state index in [4.69, 9.17) is 5.11 Å². The molecule has 0 radical (unpaired) electrons. The van der Waals surface area contributed by atoms with Crippen molar-refractivity contribution in [3.05, 3.63) is 41.5 Å². The molecule has 0 fully saturated rings. The summed E-state index contributed by atoms with van der Waals surface area (Å²) in [6, 6.07) is 7.53. The van der Waals surface area contributed by atoms with Crippen molar-refractivity contribution in [2.75, 3.05) is 7.05 Å². The smallest absolute Gasteiger partial charge is 0.328 e. The van der Waals surface area contributed by atoms with E-state index in [-0.39, 0.29) is 11.8 Å². The van der Waals surface area contributed by atoms with E-state index < -0.39 is 5.97 Å². The number of rotatable bonds is 7. The van der Waals surface area contributed by atoms with Gasteiger partial charge in [0.05, 0.1) is 0 Å². The zero-order valence-corrected chi connectivity index (χ0v) is 12.9. The second-order valence-electron chi connectivity index (χ2n) is 5.12. The van der Waals surface area contributed by atoms with E-state index in [1.807, 2.05) is 45.2 Å². The first kappa shape index (κ1) is 17.0. The first-order valence-electron chi connectivity index (χ1n) is 7.22. The third-order valence-corrected chi connectivity index (χ3v) is 3.53. The van der Waals surface area contributed by atoms with Gasteiger partial charge in [0, 0.05) is 25.6 Å². The maximum atomic E-state index is 12.2. The molecule has 0 saturated carbocycles. The maximum absolute atomic E-state index is 12.2. The lowest BCUT2D eigenvalue weighted by Crippen LogP contribution is -2.32. The van der Waals surface area contributed by atoms with Crippen molar-refractivity contribution in [3.63, 3.8) is 0 Å². The number of carboxylic acid groups (broad SMARTS) is 1. The van der Waals surface area contributed by atoms with Gasteiger partial charge in [-0.25, -0.2) is 4.79 Å². The Balaban J connectivity index is 2.67. The predicted molar refractivity (Wildman–Crippen MR) is 83.7 cm³/mol. The predicted octanol–water partition coefficient (Wildman–Crippen LogP) is 3.18. The van der Waals surface area contributed by atoms with Crippen LogP contribution in [-0.2, 0) is 16.1 Å². The third-order valence-electron chi connectivity index (χ3n) is 3.53. The van der Waals surface area contributed by atoms with Crippen LogP contribution in [-0.4, -0.2) is 28.9 Å². The molecule has 0 unspecified atom stereocenters. The Labute approximate surface area is 126 Å². The van der Waals surface area contributed by atoms with Crippen LogP contribution in [0.4, 0.5) is 0 Å². The molecular formula is C17H23NO3. The van der Waals surface area contributed by atoms with E-state index in [2.05, 4.69) is 0 Å². The number of nitrogens with zero attached hydrogens (tertiary/aromatic N) is 1. The molecule has 0 bridgehead atoms. The van der Waals surface area contributed by atoms with Gasteiger partial charge in [0.1, 0.15) is 0 Å². The molecule has 1 amide bonds. The summed E-state index contributed by atoms with van der Waals surface area (Å²) >= 11 is 0. The highest BCUT2D eigenvalue weighted by molar-refractivity contribution is 5.85. The molecule has 1 aromatic rings. The van der Waals surface area contributed by atoms with Crippen molar-refractivity contribution in [3.8, 4) is 0 Å². The number of benzene rings is 1. The van der Waals surface area contributed by atoms with E-state index >= 15 is 0 Å². The van der Waals surface area contributed by atoms with Gasteiger partial charge in [-0.3, -0.25) is 4.79 Å². The Morgan fingerprint density at radius 1 is 1.19 bits per heavy atom.